The topological polar surface area (TPSA) is 95.6 Å². The van der Waals surface area contributed by atoms with E-state index in [0.29, 0.717) is 16.1 Å². The highest BCUT2D eigenvalue weighted by molar-refractivity contribution is 7.15. The van der Waals surface area contributed by atoms with Crippen molar-refractivity contribution >= 4 is 40.0 Å². The Morgan fingerprint density at radius 1 is 1.29 bits per heavy atom. The normalized spacial score (nSPS) is 25.1. The van der Waals surface area contributed by atoms with Crippen molar-refractivity contribution in [2.24, 2.45) is 0 Å². The second-order valence-electron chi connectivity index (χ2n) is 5.20. The summed E-state index contributed by atoms with van der Waals surface area (Å²) in [5.41, 5.74) is -0.720. The number of nitrogens with zero attached hydrogens (tertiary/aromatic N) is 1. The number of amides is 4. The van der Waals surface area contributed by atoms with Crippen LogP contribution in [0.2, 0.25) is 0 Å². The molecule has 1 fully saturated rings. The van der Waals surface area contributed by atoms with Crippen molar-refractivity contribution < 1.29 is 19.2 Å². The number of nitrogens with one attached hydrogen (secondary N) is 2. The van der Waals surface area contributed by atoms with Crippen molar-refractivity contribution in [3.05, 3.63) is 16.5 Å². The van der Waals surface area contributed by atoms with Crippen molar-refractivity contribution in [1.82, 2.24) is 10.2 Å². The molecular formula is C13H13N3O4S. The second-order valence-corrected chi connectivity index (χ2v) is 6.08. The van der Waals surface area contributed by atoms with E-state index in [-0.39, 0.29) is 18.7 Å². The summed E-state index contributed by atoms with van der Waals surface area (Å²) < 4.78 is 0. The standard InChI is InChI=1S/C13H13N3O4S/c1-13(4-3-7(17)15-12(13)20)16-10(18)6-5-21-9(14-2)8(6)11(16)19/h5,14H,3-4H2,1-2H3,(H,15,17,20). The molecule has 0 spiro atoms. The van der Waals surface area contributed by atoms with Gasteiger partial charge in [-0.05, 0) is 13.3 Å². The highest BCUT2D eigenvalue weighted by atomic mass is 32.1. The average Bonchev–Trinajstić information content (AvgIpc) is 2.96. The van der Waals surface area contributed by atoms with Crippen molar-refractivity contribution in [3.63, 3.8) is 0 Å². The Bertz CT molecular complexity index is 696. The molecule has 3 rings (SSSR count). The van der Waals surface area contributed by atoms with Crippen LogP contribution in [-0.2, 0) is 9.59 Å². The van der Waals surface area contributed by atoms with Gasteiger partial charge in [-0.3, -0.25) is 29.4 Å². The largest absolute Gasteiger partial charge is 0.379 e. The highest BCUT2D eigenvalue weighted by Crippen LogP contribution is 2.39. The summed E-state index contributed by atoms with van der Waals surface area (Å²) in [6.07, 6.45) is 0.239. The minimum Gasteiger partial charge on any atom is -0.379 e. The van der Waals surface area contributed by atoms with E-state index in [1.807, 2.05) is 0 Å². The van der Waals surface area contributed by atoms with Crippen LogP contribution in [0.3, 0.4) is 0 Å². The summed E-state index contributed by atoms with van der Waals surface area (Å²) in [6.45, 7) is 1.51. The van der Waals surface area contributed by atoms with Crippen LogP contribution in [0.4, 0.5) is 5.00 Å². The van der Waals surface area contributed by atoms with E-state index >= 15 is 0 Å². The molecule has 8 heteroatoms. The van der Waals surface area contributed by atoms with E-state index in [2.05, 4.69) is 10.6 Å². The first-order valence-corrected chi connectivity index (χ1v) is 7.30. The predicted octanol–water partition coefficient (Wildman–Crippen LogP) is 0.581. The molecule has 1 aromatic rings. The number of piperidine rings is 1. The maximum atomic E-state index is 12.6. The van der Waals surface area contributed by atoms with Gasteiger partial charge < -0.3 is 5.32 Å². The number of carbonyl (C=O) groups excluding carboxylic acids is 4. The lowest BCUT2D eigenvalue weighted by Gasteiger charge is -2.38. The Kier molecular flexibility index (Phi) is 2.87. The maximum Gasteiger partial charge on any atom is 0.265 e. The van der Waals surface area contributed by atoms with Gasteiger partial charge in [0.05, 0.1) is 11.1 Å². The number of carbonyl (C=O) groups is 4. The van der Waals surface area contributed by atoms with Gasteiger partial charge in [0.1, 0.15) is 10.5 Å². The minimum atomic E-state index is -1.33. The molecule has 1 unspecified atom stereocenters. The van der Waals surface area contributed by atoms with Gasteiger partial charge in [-0.1, -0.05) is 0 Å². The van der Waals surface area contributed by atoms with Gasteiger partial charge in [-0.15, -0.1) is 11.3 Å². The lowest BCUT2D eigenvalue weighted by atomic mass is 9.89. The first-order valence-electron chi connectivity index (χ1n) is 6.42. The zero-order valence-electron chi connectivity index (χ0n) is 11.5. The lowest BCUT2D eigenvalue weighted by molar-refractivity contribution is -0.140. The number of anilines is 1. The molecule has 2 aliphatic heterocycles. The summed E-state index contributed by atoms with van der Waals surface area (Å²) in [6, 6.07) is 0. The Morgan fingerprint density at radius 3 is 2.62 bits per heavy atom. The number of hydrogen-bond donors (Lipinski definition) is 2. The fourth-order valence-corrected chi connectivity index (χ4v) is 3.58. The van der Waals surface area contributed by atoms with Gasteiger partial charge in [0.2, 0.25) is 5.91 Å². The third-order valence-electron chi connectivity index (χ3n) is 3.94. The SMILES string of the molecule is CNc1scc2c1C(=O)N(C1(C)CCC(=O)NC1=O)C2=O. The van der Waals surface area contributed by atoms with Gasteiger partial charge in [0.15, 0.2) is 0 Å². The zero-order valence-corrected chi connectivity index (χ0v) is 12.3. The third-order valence-corrected chi connectivity index (χ3v) is 4.94. The molecule has 0 aromatic carbocycles. The number of hydrogen-bond acceptors (Lipinski definition) is 6. The summed E-state index contributed by atoms with van der Waals surface area (Å²) in [5, 5.41) is 7.28. The van der Waals surface area contributed by atoms with Gasteiger partial charge in [0.25, 0.3) is 17.7 Å². The summed E-state index contributed by atoms with van der Waals surface area (Å²) in [4.78, 5) is 49.5. The van der Waals surface area contributed by atoms with Crippen LogP contribution in [0.1, 0.15) is 40.5 Å². The number of imide groups is 2. The highest BCUT2D eigenvalue weighted by Gasteiger charge is 2.53. The quantitative estimate of drug-likeness (QED) is 0.779. The number of fused-ring (bicyclic) bond motifs is 1. The van der Waals surface area contributed by atoms with Crippen LogP contribution in [0.25, 0.3) is 0 Å². The third kappa shape index (κ3) is 1.72. The number of thiophene rings is 1. The molecule has 0 radical (unpaired) electrons. The van der Waals surface area contributed by atoms with Crippen LogP contribution in [-0.4, -0.2) is 41.1 Å². The fraction of sp³-hybridized carbons (Fsp3) is 0.385. The molecule has 0 bridgehead atoms. The average molecular weight is 307 g/mol. The molecule has 1 atom stereocenters. The predicted molar refractivity (Wildman–Crippen MR) is 75.2 cm³/mol. The molecule has 1 aromatic heterocycles. The first kappa shape index (κ1) is 13.7. The van der Waals surface area contributed by atoms with Gasteiger partial charge in [0, 0.05) is 18.8 Å². The summed E-state index contributed by atoms with van der Waals surface area (Å²) in [7, 11) is 1.67. The Morgan fingerprint density at radius 2 is 2.00 bits per heavy atom. The second kappa shape index (κ2) is 4.39. The van der Waals surface area contributed by atoms with E-state index in [1.165, 1.54) is 18.3 Å². The molecule has 3 heterocycles. The Labute approximate surface area is 124 Å². The van der Waals surface area contributed by atoms with Crippen LogP contribution in [0.5, 0.6) is 0 Å². The summed E-state index contributed by atoms with van der Waals surface area (Å²) in [5.74, 6) is -1.98. The molecule has 2 aliphatic rings. The smallest absolute Gasteiger partial charge is 0.265 e. The van der Waals surface area contributed by atoms with E-state index in [1.54, 1.807) is 12.4 Å². The van der Waals surface area contributed by atoms with E-state index in [9.17, 15) is 19.2 Å². The molecule has 21 heavy (non-hydrogen) atoms. The van der Waals surface area contributed by atoms with E-state index in [4.69, 9.17) is 0 Å². The van der Waals surface area contributed by atoms with Crippen molar-refractivity contribution in [1.29, 1.82) is 0 Å². The molecule has 4 amide bonds. The van der Waals surface area contributed by atoms with Crippen molar-refractivity contribution in [3.8, 4) is 0 Å². The van der Waals surface area contributed by atoms with Gasteiger partial charge in [-0.2, -0.15) is 0 Å². The molecule has 110 valence electrons. The monoisotopic (exact) mass is 307 g/mol. The molecular weight excluding hydrogens is 294 g/mol. The van der Waals surface area contributed by atoms with Crippen LogP contribution >= 0.6 is 11.3 Å². The van der Waals surface area contributed by atoms with Crippen molar-refractivity contribution in [2.45, 2.75) is 25.3 Å². The van der Waals surface area contributed by atoms with E-state index < -0.39 is 23.3 Å². The van der Waals surface area contributed by atoms with E-state index in [0.717, 1.165) is 4.90 Å². The van der Waals surface area contributed by atoms with Gasteiger partial charge in [-0.25, -0.2) is 0 Å². The van der Waals surface area contributed by atoms with Crippen molar-refractivity contribution in [2.75, 3.05) is 12.4 Å². The molecule has 0 aliphatic carbocycles. The molecule has 2 N–H and O–H groups in total. The van der Waals surface area contributed by atoms with Crippen LogP contribution in [0.15, 0.2) is 5.38 Å². The maximum absolute atomic E-state index is 12.6. The fourth-order valence-electron chi connectivity index (χ4n) is 2.69. The lowest BCUT2D eigenvalue weighted by Crippen LogP contribution is -2.62. The Hall–Kier alpha value is -2.22. The Balaban J connectivity index is 2.03. The minimum absolute atomic E-state index is 0.102. The first-order chi connectivity index (χ1) is 9.90. The summed E-state index contributed by atoms with van der Waals surface area (Å²) >= 11 is 1.27. The molecule has 1 saturated heterocycles. The van der Waals surface area contributed by atoms with Crippen LogP contribution in [0, 0.1) is 0 Å². The molecule has 7 nitrogen and oxygen atoms in total. The van der Waals surface area contributed by atoms with Crippen LogP contribution < -0.4 is 10.6 Å². The number of rotatable bonds is 2. The van der Waals surface area contributed by atoms with Gasteiger partial charge >= 0.3 is 0 Å². The zero-order chi connectivity index (χ0) is 15.4. The molecule has 0 saturated carbocycles.